The molecule has 1 saturated heterocycles. The second-order valence-corrected chi connectivity index (χ2v) is 6.14. The van der Waals surface area contributed by atoms with Gasteiger partial charge in [-0.25, -0.2) is 0 Å². The van der Waals surface area contributed by atoms with E-state index in [1.165, 1.54) is 0 Å². The number of amides is 1. The topological polar surface area (TPSA) is 89.5 Å². The quantitative estimate of drug-likeness (QED) is 0.666. The molecule has 21 heavy (non-hydrogen) atoms. The Morgan fingerprint density at radius 1 is 1.43 bits per heavy atom. The third kappa shape index (κ3) is 3.45. The molecule has 0 aromatic heterocycles. The van der Waals surface area contributed by atoms with E-state index in [1.807, 2.05) is 6.92 Å². The van der Waals surface area contributed by atoms with Crippen molar-refractivity contribution in [2.75, 3.05) is 13.1 Å². The molecule has 2 unspecified atom stereocenters. The van der Waals surface area contributed by atoms with Gasteiger partial charge in [-0.05, 0) is 12.3 Å². The number of piperidine rings is 1. The Kier molecular flexibility index (Phi) is 4.70. The first-order valence-corrected chi connectivity index (χ1v) is 7.23. The summed E-state index contributed by atoms with van der Waals surface area (Å²) >= 11 is 11.9. The summed E-state index contributed by atoms with van der Waals surface area (Å²) in [6.45, 7) is 2.95. The monoisotopic (exact) mass is 331 g/mol. The lowest BCUT2D eigenvalue weighted by atomic mass is 9.96. The number of likely N-dealkylation sites (tertiary alicyclic amines) is 1. The van der Waals surface area contributed by atoms with Crippen molar-refractivity contribution in [3.8, 4) is 0 Å². The van der Waals surface area contributed by atoms with Gasteiger partial charge in [0, 0.05) is 31.3 Å². The third-order valence-electron chi connectivity index (χ3n) is 3.43. The number of hydrogen-bond donors (Lipinski definition) is 1. The zero-order chi connectivity index (χ0) is 15.7. The summed E-state index contributed by atoms with van der Waals surface area (Å²) in [6.07, 6.45) is 0.840. The van der Waals surface area contributed by atoms with Crippen molar-refractivity contribution in [2.45, 2.75) is 19.4 Å². The van der Waals surface area contributed by atoms with Crippen molar-refractivity contribution in [2.24, 2.45) is 11.7 Å². The Morgan fingerprint density at radius 2 is 2.10 bits per heavy atom. The lowest BCUT2D eigenvalue weighted by molar-refractivity contribution is -0.384. The van der Waals surface area contributed by atoms with Crippen LogP contribution in [-0.4, -0.2) is 34.9 Å². The highest BCUT2D eigenvalue weighted by Crippen LogP contribution is 2.32. The predicted octanol–water partition coefficient (Wildman–Crippen LogP) is 2.71. The van der Waals surface area contributed by atoms with Crippen LogP contribution in [0.25, 0.3) is 0 Å². The number of halogens is 2. The lowest BCUT2D eigenvalue weighted by Crippen LogP contribution is -2.48. The number of nitrogens with two attached hydrogens (primary N) is 1. The Balaban J connectivity index is 2.36. The molecule has 1 amide bonds. The van der Waals surface area contributed by atoms with Crippen molar-refractivity contribution < 1.29 is 9.72 Å². The summed E-state index contributed by atoms with van der Waals surface area (Å²) in [5.74, 6) is -0.113. The molecule has 2 N–H and O–H groups in total. The van der Waals surface area contributed by atoms with Crippen LogP contribution in [0, 0.1) is 16.0 Å². The summed E-state index contributed by atoms with van der Waals surface area (Å²) in [5, 5.41) is 10.9. The molecule has 0 bridgehead atoms. The van der Waals surface area contributed by atoms with Gasteiger partial charge in [0.2, 0.25) is 0 Å². The first kappa shape index (κ1) is 16.0. The minimum absolute atomic E-state index is 0.0106. The highest BCUT2D eigenvalue weighted by molar-refractivity contribution is 6.44. The average molecular weight is 332 g/mol. The van der Waals surface area contributed by atoms with E-state index in [0.717, 1.165) is 18.6 Å². The largest absolute Gasteiger partial charge is 0.337 e. The van der Waals surface area contributed by atoms with E-state index in [1.54, 1.807) is 4.90 Å². The highest BCUT2D eigenvalue weighted by Gasteiger charge is 2.29. The number of carbonyl (C=O) groups is 1. The Hall–Kier alpha value is -1.37. The Labute approximate surface area is 132 Å². The van der Waals surface area contributed by atoms with E-state index in [-0.39, 0.29) is 39.2 Å². The molecule has 114 valence electrons. The van der Waals surface area contributed by atoms with Crippen LogP contribution < -0.4 is 5.73 Å². The van der Waals surface area contributed by atoms with Gasteiger partial charge in [-0.1, -0.05) is 30.1 Å². The standard InChI is InChI=1S/C13H15Cl2N3O3/c1-7-2-8(16)6-17(5-7)13(19)10-3-9(18(20)21)4-11(14)12(10)15/h3-4,7-8H,2,5-6,16H2,1H3. The summed E-state index contributed by atoms with van der Waals surface area (Å²) in [6, 6.07) is 2.18. The Bertz CT molecular complexity index is 584. The van der Waals surface area contributed by atoms with Crippen LogP contribution >= 0.6 is 23.2 Å². The predicted molar refractivity (Wildman–Crippen MR) is 80.8 cm³/mol. The van der Waals surface area contributed by atoms with Gasteiger partial charge in [-0.3, -0.25) is 14.9 Å². The van der Waals surface area contributed by atoms with Gasteiger partial charge in [0.05, 0.1) is 20.5 Å². The molecular formula is C13H15Cl2N3O3. The van der Waals surface area contributed by atoms with Gasteiger partial charge in [0.15, 0.2) is 0 Å². The lowest BCUT2D eigenvalue weighted by Gasteiger charge is -2.35. The molecule has 0 radical (unpaired) electrons. The van der Waals surface area contributed by atoms with E-state index >= 15 is 0 Å². The van der Waals surface area contributed by atoms with Crippen LogP contribution in [0.1, 0.15) is 23.7 Å². The summed E-state index contributed by atoms with van der Waals surface area (Å²) in [4.78, 5) is 24.4. The van der Waals surface area contributed by atoms with Crippen LogP contribution in [0.4, 0.5) is 5.69 Å². The van der Waals surface area contributed by atoms with Crippen LogP contribution in [0.2, 0.25) is 10.0 Å². The molecule has 1 fully saturated rings. The first-order valence-electron chi connectivity index (χ1n) is 6.48. The highest BCUT2D eigenvalue weighted by atomic mass is 35.5. The van der Waals surface area contributed by atoms with Crippen LogP contribution in [-0.2, 0) is 0 Å². The molecule has 0 spiro atoms. The number of nitrogens with zero attached hydrogens (tertiary/aromatic N) is 2. The van der Waals surface area contributed by atoms with Gasteiger partial charge < -0.3 is 10.6 Å². The van der Waals surface area contributed by atoms with E-state index in [2.05, 4.69) is 0 Å². The molecule has 0 saturated carbocycles. The fourth-order valence-electron chi connectivity index (χ4n) is 2.57. The number of hydrogen-bond acceptors (Lipinski definition) is 4. The van der Waals surface area contributed by atoms with Crippen molar-refractivity contribution in [3.63, 3.8) is 0 Å². The number of benzene rings is 1. The van der Waals surface area contributed by atoms with Gasteiger partial charge in [-0.15, -0.1) is 0 Å². The molecule has 6 nitrogen and oxygen atoms in total. The number of nitro benzene ring substituents is 1. The maximum absolute atomic E-state index is 12.5. The second-order valence-electron chi connectivity index (χ2n) is 5.36. The molecule has 2 atom stereocenters. The molecular weight excluding hydrogens is 317 g/mol. The molecule has 1 aromatic rings. The average Bonchev–Trinajstić information content (AvgIpc) is 2.39. The minimum atomic E-state index is -0.608. The van der Waals surface area contributed by atoms with E-state index in [0.29, 0.717) is 13.1 Å². The SMILES string of the molecule is CC1CC(N)CN(C(=O)c2cc([N+](=O)[O-])cc(Cl)c2Cl)C1. The van der Waals surface area contributed by atoms with E-state index < -0.39 is 4.92 Å². The van der Waals surface area contributed by atoms with Crippen LogP contribution in [0.15, 0.2) is 12.1 Å². The molecule has 1 aliphatic heterocycles. The van der Waals surface area contributed by atoms with Gasteiger partial charge in [0.25, 0.3) is 11.6 Å². The van der Waals surface area contributed by atoms with Gasteiger partial charge in [0.1, 0.15) is 0 Å². The first-order chi connectivity index (χ1) is 9.79. The fourth-order valence-corrected chi connectivity index (χ4v) is 2.98. The second kappa shape index (κ2) is 6.17. The minimum Gasteiger partial charge on any atom is -0.337 e. The van der Waals surface area contributed by atoms with Crippen LogP contribution in [0.5, 0.6) is 0 Å². The molecule has 1 aromatic carbocycles. The zero-order valence-corrected chi connectivity index (χ0v) is 12.9. The maximum atomic E-state index is 12.5. The summed E-state index contributed by atoms with van der Waals surface area (Å²) < 4.78 is 0. The molecule has 8 heteroatoms. The fraction of sp³-hybridized carbons (Fsp3) is 0.462. The smallest absolute Gasteiger partial charge is 0.271 e. The number of carbonyl (C=O) groups excluding carboxylic acids is 1. The van der Waals surface area contributed by atoms with Crippen molar-refractivity contribution in [3.05, 3.63) is 37.9 Å². The Morgan fingerprint density at radius 3 is 2.67 bits per heavy atom. The zero-order valence-electron chi connectivity index (χ0n) is 11.4. The van der Waals surface area contributed by atoms with Gasteiger partial charge in [-0.2, -0.15) is 0 Å². The van der Waals surface area contributed by atoms with Crippen LogP contribution in [0.3, 0.4) is 0 Å². The van der Waals surface area contributed by atoms with Crippen molar-refractivity contribution in [1.29, 1.82) is 0 Å². The number of nitro groups is 1. The molecule has 1 heterocycles. The number of rotatable bonds is 2. The maximum Gasteiger partial charge on any atom is 0.271 e. The molecule has 0 aliphatic carbocycles. The normalized spacial score (nSPS) is 22.2. The van der Waals surface area contributed by atoms with Crippen molar-refractivity contribution >= 4 is 34.8 Å². The summed E-state index contributed by atoms with van der Waals surface area (Å²) in [5.41, 5.74) is 5.69. The summed E-state index contributed by atoms with van der Waals surface area (Å²) in [7, 11) is 0. The number of non-ortho nitro benzene ring substituents is 1. The third-order valence-corrected chi connectivity index (χ3v) is 4.24. The van der Waals surface area contributed by atoms with Gasteiger partial charge >= 0.3 is 0 Å². The van der Waals surface area contributed by atoms with E-state index in [4.69, 9.17) is 28.9 Å². The molecule has 2 rings (SSSR count). The molecule has 1 aliphatic rings. The van der Waals surface area contributed by atoms with E-state index in [9.17, 15) is 14.9 Å². The van der Waals surface area contributed by atoms with Crippen molar-refractivity contribution in [1.82, 2.24) is 4.90 Å².